The Kier molecular flexibility index (Phi) is 8.01. The van der Waals surface area contributed by atoms with Crippen LogP contribution in [-0.4, -0.2) is 36.1 Å². The van der Waals surface area contributed by atoms with Crippen molar-refractivity contribution in [1.82, 2.24) is 10.2 Å². The average Bonchev–Trinajstić information content (AvgIpc) is 2.36. The molecular formula is C17H36N2. The summed E-state index contributed by atoms with van der Waals surface area (Å²) in [6.07, 6.45) is 8.50. The maximum atomic E-state index is 3.78. The van der Waals surface area contributed by atoms with Gasteiger partial charge >= 0.3 is 0 Å². The lowest BCUT2D eigenvalue weighted by atomic mass is 9.83. The van der Waals surface area contributed by atoms with E-state index in [0.717, 1.165) is 18.5 Å². The third kappa shape index (κ3) is 6.27. The highest BCUT2D eigenvalue weighted by Crippen LogP contribution is 2.27. The smallest absolute Gasteiger partial charge is 0.0112 e. The molecule has 1 aliphatic rings. The van der Waals surface area contributed by atoms with Crippen LogP contribution in [-0.2, 0) is 0 Å². The van der Waals surface area contributed by atoms with E-state index in [4.69, 9.17) is 0 Å². The number of nitrogens with one attached hydrogen (secondary N) is 1. The lowest BCUT2D eigenvalue weighted by Crippen LogP contribution is -2.44. The van der Waals surface area contributed by atoms with E-state index < -0.39 is 0 Å². The van der Waals surface area contributed by atoms with E-state index in [9.17, 15) is 0 Å². The Hall–Kier alpha value is -0.0800. The molecule has 1 aliphatic carbocycles. The quantitative estimate of drug-likeness (QED) is 0.714. The van der Waals surface area contributed by atoms with Crippen LogP contribution in [0, 0.1) is 5.92 Å². The SMILES string of the molecule is CCCC1CCC(NCCN(C(C)C)C(C)C)CC1. The molecule has 1 saturated carbocycles. The highest BCUT2D eigenvalue weighted by Gasteiger charge is 2.20. The number of rotatable bonds is 8. The lowest BCUT2D eigenvalue weighted by molar-refractivity contribution is 0.170. The largest absolute Gasteiger partial charge is 0.313 e. The standard InChI is InChI=1S/C17H36N2/c1-6-7-16-8-10-17(11-9-16)18-12-13-19(14(2)3)15(4)5/h14-18H,6-13H2,1-5H3. The van der Waals surface area contributed by atoms with Crippen molar-refractivity contribution >= 4 is 0 Å². The maximum Gasteiger partial charge on any atom is 0.0112 e. The van der Waals surface area contributed by atoms with E-state index in [-0.39, 0.29) is 0 Å². The molecule has 0 atom stereocenters. The topological polar surface area (TPSA) is 15.3 Å². The van der Waals surface area contributed by atoms with Crippen LogP contribution in [0.1, 0.15) is 73.1 Å². The summed E-state index contributed by atoms with van der Waals surface area (Å²) >= 11 is 0. The fourth-order valence-electron chi connectivity index (χ4n) is 3.57. The zero-order valence-electron chi connectivity index (χ0n) is 13.9. The zero-order chi connectivity index (χ0) is 14.3. The van der Waals surface area contributed by atoms with E-state index in [1.165, 1.54) is 45.1 Å². The van der Waals surface area contributed by atoms with E-state index in [2.05, 4.69) is 44.8 Å². The van der Waals surface area contributed by atoms with Crippen LogP contribution in [0.15, 0.2) is 0 Å². The predicted octanol–water partition coefficient (Wildman–Crippen LogP) is 4.05. The van der Waals surface area contributed by atoms with Crippen molar-refractivity contribution in [3.8, 4) is 0 Å². The number of hydrogen-bond donors (Lipinski definition) is 1. The first-order valence-corrected chi connectivity index (χ1v) is 8.53. The molecule has 2 nitrogen and oxygen atoms in total. The summed E-state index contributed by atoms with van der Waals surface area (Å²) in [6, 6.07) is 2.10. The first kappa shape index (κ1) is 17.0. The van der Waals surface area contributed by atoms with Crippen molar-refractivity contribution < 1.29 is 0 Å². The van der Waals surface area contributed by atoms with Crippen LogP contribution >= 0.6 is 0 Å². The summed E-state index contributed by atoms with van der Waals surface area (Å²) in [5.41, 5.74) is 0. The van der Waals surface area contributed by atoms with Gasteiger partial charge in [0.1, 0.15) is 0 Å². The minimum Gasteiger partial charge on any atom is -0.313 e. The number of nitrogens with zero attached hydrogens (tertiary/aromatic N) is 1. The minimum absolute atomic E-state index is 0.655. The molecule has 0 aliphatic heterocycles. The van der Waals surface area contributed by atoms with Gasteiger partial charge in [-0.2, -0.15) is 0 Å². The van der Waals surface area contributed by atoms with Gasteiger partial charge in [-0.25, -0.2) is 0 Å². The van der Waals surface area contributed by atoms with Gasteiger partial charge in [0.05, 0.1) is 0 Å². The molecule has 0 aromatic heterocycles. The van der Waals surface area contributed by atoms with Gasteiger partial charge in [0.2, 0.25) is 0 Å². The van der Waals surface area contributed by atoms with Crippen LogP contribution < -0.4 is 5.32 Å². The third-order valence-corrected chi connectivity index (χ3v) is 4.67. The van der Waals surface area contributed by atoms with Crippen LogP contribution in [0.2, 0.25) is 0 Å². The van der Waals surface area contributed by atoms with Gasteiger partial charge in [-0.15, -0.1) is 0 Å². The summed E-state index contributed by atoms with van der Waals surface area (Å²) < 4.78 is 0. The molecule has 0 aromatic rings. The van der Waals surface area contributed by atoms with Crippen LogP contribution in [0.4, 0.5) is 0 Å². The van der Waals surface area contributed by atoms with E-state index in [1.54, 1.807) is 0 Å². The lowest BCUT2D eigenvalue weighted by Gasteiger charge is -2.33. The van der Waals surface area contributed by atoms with Gasteiger partial charge in [0.25, 0.3) is 0 Å². The zero-order valence-corrected chi connectivity index (χ0v) is 13.9. The van der Waals surface area contributed by atoms with Crippen LogP contribution in [0.5, 0.6) is 0 Å². The molecule has 1 rings (SSSR count). The van der Waals surface area contributed by atoms with Gasteiger partial charge in [-0.05, 0) is 59.3 Å². The fourth-order valence-corrected chi connectivity index (χ4v) is 3.57. The molecule has 114 valence electrons. The van der Waals surface area contributed by atoms with Gasteiger partial charge in [0, 0.05) is 31.2 Å². The second-order valence-electron chi connectivity index (χ2n) is 6.89. The molecule has 0 radical (unpaired) electrons. The van der Waals surface area contributed by atoms with Gasteiger partial charge in [-0.1, -0.05) is 19.8 Å². The average molecular weight is 268 g/mol. The molecule has 0 spiro atoms. The van der Waals surface area contributed by atoms with E-state index in [0.29, 0.717) is 12.1 Å². The summed E-state index contributed by atoms with van der Waals surface area (Å²) in [7, 11) is 0. The highest BCUT2D eigenvalue weighted by atomic mass is 15.2. The first-order valence-electron chi connectivity index (χ1n) is 8.53. The predicted molar refractivity (Wildman–Crippen MR) is 85.6 cm³/mol. The van der Waals surface area contributed by atoms with E-state index in [1.807, 2.05) is 0 Å². The normalized spacial score (nSPS) is 24.6. The Morgan fingerprint density at radius 1 is 1.00 bits per heavy atom. The molecule has 1 N–H and O–H groups in total. The van der Waals surface area contributed by atoms with Crippen molar-refractivity contribution in [1.29, 1.82) is 0 Å². The molecule has 0 saturated heterocycles. The monoisotopic (exact) mass is 268 g/mol. The third-order valence-electron chi connectivity index (χ3n) is 4.67. The van der Waals surface area contributed by atoms with Crippen LogP contribution in [0.25, 0.3) is 0 Å². The molecule has 0 amide bonds. The Bertz CT molecular complexity index is 209. The van der Waals surface area contributed by atoms with Gasteiger partial charge < -0.3 is 5.32 Å². The summed E-state index contributed by atoms with van der Waals surface area (Å²) in [5, 5.41) is 3.78. The molecule has 19 heavy (non-hydrogen) atoms. The Morgan fingerprint density at radius 2 is 1.58 bits per heavy atom. The summed E-state index contributed by atoms with van der Waals surface area (Å²) in [4.78, 5) is 2.58. The second-order valence-corrected chi connectivity index (χ2v) is 6.89. The van der Waals surface area contributed by atoms with Crippen molar-refractivity contribution in [2.45, 2.75) is 91.3 Å². The number of hydrogen-bond acceptors (Lipinski definition) is 2. The summed E-state index contributed by atoms with van der Waals surface area (Å²) in [5.74, 6) is 1.02. The molecule has 0 aromatic carbocycles. The van der Waals surface area contributed by atoms with Crippen molar-refractivity contribution in [3.63, 3.8) is 0 Å². The van der Waals surface area contributed by atoms with E-state index >= 15 is 0 Å². The van der Waals surface area contributed by atoms with Crippen LogP contribution in [0.3, 0.4) is 0 Å². The molecule has 0 unspecified atom stereocenters. The minimum atomic E-state index is 0.655. The van der Waals surface area contributed by atoms with Crippen molar-refractivity contribution in [3.05, 3.63) is 0 Å². The molecule has 0 heterocycles. The molecule has 2 heteroatoms. The Labute approximate surface area is 121 Å². The Balaban J connectivity index is 2.16. The van der Waals surface area contributed by atoms with Crippen molar-refractivity contribution in [2.24, 2.45) is 5.92 Å². The molecule has 1 fully saturated rings. The van der Waals surface area contributed by atoms with Gasteiger partial charge in [-0.3, -0.25) is 4.90 Å². The first-order chi connectivity index (χ1) is 9.04. The second kappa shape index (κ2) is 8.97. The molecule has 0 bridgehead atoms. The highest BCUT2D eigenvalue weighted by molar-refractivity contribution is 4.78. The summed E-state index contributed by atoms with van der Waals surface area (Å²) in [6.45, 7) is 13.9. The Morgan fingerprint density at radius 3 is 2.05 bits per heavy atom. The molecular weight excluding hydrogens is 232 g/mol. The van der Waals surface area contributed by atoms with Crippen molar-refractivity contribution in [2.75, 3.05) is 13.1 Å². The van der Waals surface area contributed by atoms with Gasteiger partial charge in [0.15, 0.2) is 0 Å². The fraction of sp³-hybridized carbons (Fsp3) is 1.00. The maximum absolute atomic E-state index is 3.78.